The average Bonchev–Trinajstić information content (AvgIpc) is 3.05. The molecule has 3 heterocycles. The highest BCUT2D eigenvalue weighted by Gasteiger charge is 2.34. The highest BCUT2D eigenvalue weighted by atomic mass is 16.5. The minimum absolute atomic E-state index is 0.255. The van der Waals surface area contributed by atoms with Gasteiger partial charge in [0.05, 0.1) is 12.3 Å². The molecule has 0 bridgehead atoms. The molecule has 1 aliphatic carbocycles. The first-order valence-electron chi connectivity index (χ1n) is 8.52. The molecule has 0 radical (unpaired) electrons. The van der Waals surface area contributed by atoms with Crippen molar-refractivity contribution in [3.05, 3.63) is 34.9 Å². The van der Waals surface area contributed by atoms with Crippen LogP contribution < -0.4 is 10.1 Å². The summed E-state index contributed by atoms with van der Waals surface area (Å²) >= 11 is 0. The van der Waals surface area contributed by atoms with Crippen LogP contribution in [0.4, 0.5) is 0 Å². The summed E-state index contributed by atoms with van der Waals surface area (Å²) in [5.41, 5.74) is 2.62. The van der Waals surface area contributed by atoms with Crippen molar-refractivity contribution < 1.29 is 9.15 Å². The van der Waals surface area contributed by atoms with E-state index in [0.29, 0.717) is 6.04 Å². The fourth-order valence-electron chi connectivity index (χ4n) is 3.80. The molecule has 2 aromatic rings. The second-order valence-electron chi connectivity index (χ2n) is 7.61. The maximum atomic E-state index is 5.91. The third kappa shape index (κ3) is 2.90. The van der Waals surface area contributed by atoms with Gasteiger partial charge < -0.3 is 14.5 Å². The van der Waals surface area contributed by atoms with Crippen molar-refractivity contribution in [2.45, 2.75) is 59.2 Å². The normalized spacial score (nSPS) is 22.3. The molecule has 0 saturated carbocycles. The van der Waals surface area contributed by atoms with Crippen molar-refractivity contribution in [1.82, 2.24) is 15.1 Å². The molecule has 0 fully saturated rings. The molecule has 0 spiro atoms. The average molecular weight is 315 g/mol. The van der Waals surface area contributed by atoms with Crippen molar-refractivity contribution in [1.29, 1.82) is 0 Å². The van der Waals surface area contributed by atoms with Crippen LogP contribution in [0.25, 0.3) is 0 Å². The number of furan rings is 1. The van der Waals surface area contributed by atoms with Gasteiger partial charge >= 0.3 is 0 Å². The summed E-state index contributed by atoms with van der Waals surface area (Å²) in [6.45, 7) is 9.16. The van der Waals surface area contributed by atoms with Crippen LogP contribution in [0.15, 0.2) is 16.5 Å². The van der Waals surface area contributed by atoms with Gasteiger partial charge in [0, 0.05) is 43.6 Å². The van der Waals surface area contributed by atoms with Crippen LogP contribution in [0.3, 0.4) is 0 Å². The maximum Gasteiger partial charge on any atom is 0.212 e. The number of aromatic nitrogens is 2. The number of fused-ring (bicyclic) bond motifs is 2. The van der Waals surface area contributed by atoms with Crippen molar-refractivity contribution in [2.75, 3.05) is 6.61 Å². The van der Waals surface area contributed by atoms with Gasteiger partial charge in [-0.25, -0.2) is 4.68 Å². The molecule has 0 amide bonds. The van der Waals surface area contributed by atoms with E-state index in [2.05, 4.69) is 36.4 Å². The second-order valence-corrected chi connectivity index (χ2v) is 7.61. The lowest BCUT2D eigenvalue weighted by molar-refractivity contribution is 0.229. The zero-order valence-corrected chi connectivity index (χ0v) is 14.2. The third-order valence-electron chi connectivity index (χ3n) is 4.82. The Bertz CT molecular complexity index is 690. The fourth-order valence-corrected chi connectivity index (χ4v) is 3.80. The molecule has 1 unspecified atom stereocenters. The van der Waals surface area contributed by atoms with Crippen LogP contribution in [0.2, 0.25) is 0 Å². The Morgan fingerprint density at radius 2 is 2.26 bits per heavy atom. The Hall–Kier alpha value is -1.75. The molecule has 124 valence electrons. The van der Waals surface area contributed by atoms with E-state index < -0.39 is 0 Å². The summed E-state index contributed by atoms with van der Waals surface area (Å²) in [7, 11) is 0. The van der Waals surface area contributed by atoms with E-state index in [1.165, 1.54) is 5.56 Å². The topological polar surface area (TPSA) is 52.2 Å². The first kappa shape index (κ1) is 14.8. The van der Waals surface area contributed by atoms with E-state index >= 15 is 0 Å². The molecule has 1 atom stereocenters. The minimum Gasteiger partial charge on any atom is -0.478 e. The molecule has 2 aromatic heterocycles. The zero-order chi connectivity index (χ0) is 16.0. The Morgan fingerprint density at radius 3 is 3.09 bits per heavy atom. The van der Waals surface area contributed by atoms with Crippen molar-refractivity contribution in [3.8, 4) is 5.88 Å². The van der Waals surface area contributed by atoms with E-state index in [1.807, 2.05) is 11.6 Å². The molecular weight excluding hydrogens is 290 g/mol. The van der Waals surface area contributed by atoms with Gasteiger partial charge in [0.1, 0.15) is 11.5 Å². The summed E-state index contributed by atoms with van der Waals surface area (Å²) in [5.74, 6) is 3.05. The van der Waals surface area contributed by atoms with Gasteiger partial charge in [-0.2, -0.15) is 5.10 Å². The Morgan fingerprint density at radius 1 is 1.39 bits per heavy atom. The minimum atomic E-state index is 0.255. The molecule has 4 rings (SSSR count). The predicted octanol–water partition coefficient (Wildman–Crippen LogP) is 3.37. The van der Waals surface area contributed by atoms with Crippen molar-refractivity contribution in [3.63, 3.8) is 0 Å². The highest BCUT2D eigenvalue weighted by Crippen LogP contribution is 2.42. The van der Waals surface area contributed by atoms with Gasteiger partial charge in [-0.05, 0) is 24.8 Å². The molecule has 0 aromatic carbocycles. The van der Waals surface area contributed by atoms with Gasteiger partial charge in [-0.3, -0.25) is 0 Å². The van der Waals surface area contributed by atoms with Crippen LogP contribution in [0.1, 0.15) is 55.5 Å². The number of hydrogen-bond donors (Lipinski definition) is 1. The van der Waals surface area contributed by atoms with Gasteiger partial charge in [0.2, 0.25) is 5.88 Å². The number of nitrogens with zero attached hydrogens (tertiary/aromatic N) is 2. The van der Waals surface area contributed by atoms with Crippen LogP contribution in [-0.2, 0) is 19.5 Å². The first-order valence-corrected chi connectivity index (χ1v) is 8.52. The molecule has 1 N–H and O–H groups in total. The number of rotatable bonds is 3. The van der Waals surface area contributed by atoms with Crippen molar-refractivity contribution in [2.24, 2.45) is 5.41 Å². The first-order chi connectivity index (χ1) is 11.0. The highest BCUT2D eigenvalue weighted by molar-refractivity contribution is 5.29. The second kappa shape index (κ2) is 5.41. The number of aryl methyl sites for hydroxylation is 2. The SMILES string of the molecule is Cc1cc2c(o1)CC(C)(C)CC2NCc1cc2n(n1)CCCO2. The summed E-state index contributed by atoms with van der Waals surface area (Å²) in [6, 6.07) is 4.57. The molecule has 5 nitrogen and oxygen atoms in total. The van der Waals surface area contributed by atoms with Crippen molar-refractivity contribution >= 4 is 0 Å². The predicted molar refractivity (Wildman–Crippen MR) is 87.5 cm³/mol. The van der Waals surface area contributed by atoms with Gasteiger partial charge in [-0.1, -0.05) is 13.8 Å². The van der Waals surface area contributed by atoms with Crippen LogP contribution >= 0.6 is 0 Å². The molecule has 0 saturated heterocycles. The summed E-state index contributed by atoms with van der Waals surface area (Å²) in [4.78, 5) is 0. The lowest BCUT2D eigenvalue weighted by atomic mass is 9.74. The smallest absolute Gasteiger partial charge is 0.212 e. The molecule has 2 aliphatic rings. The van der Waals surface area contributed by atoms with Gasteiger partial charge in [0.15, 0.2) is 0 Å². The summed E-state index contributed by atoms with van der Waals surface area (Å²) in [6.07, 6.45) is 3.17. The summed E-state index contributed by atoms with van der Waals surface area (Å²) in [5, 5.41) is 8.32. The summed E-state index contributed by atoms with van der Waals surface area (Å²) < 4.78 is 13.5. The Balaban J connectivity index is 1.51. The van der Waals surface area contributed by atoms with E-state index in [0.717, 1.165) is 62.1 Å². The van der Waals surface area contributed by atoms with E-state index in [4.69, 9.17) is 9.15 Å². The third-order valence-corrected chi connectivity index (χ3v) is 4.82. The van der Waals surface area contributed by atoms with E-state index in [1.54, 1.807) is 0 Å². The maximum absolute atomic E-state index is 5.91. The molecule has 5 heteroatoms. The van der Waals surface area contributed by atoms with E-state index in [9.17, 15) is 0 Å². The number of hydrogen-bond acceptors (Lipinski definition) is 4. The Labute approximate surface area is 137 Å². The fraction of sp³-hybridized carbons (Fsp3) is 0.611. The lowest BCUT2D eigenvalue weighted by Crippen LogP contribution is -2.32. The van der Waals surface area contributed by atoms with Crippen LogP contribution in [-0.4, -0.2) is 16.4 Å². The Kier molecular flexibility index (Phi) is 3.48. The number of nitrogens with one attached hydrogen (secondary N) is 1. The van der Waals surface area contributed by atoms with Gasteiger partial charge in [-0.15, -0.1) is 0 Å². The van der Waals surface area contributed by atoms with Crippen LogP contribution in [0, 0.1) is 12.3 Å². The monoisotopic (exact) mass is 315 g/mol. The standard InChI is InChI=1S/C18H25N3O2/c1-12-7-14-15(9-18(2,3)10-16(14)23-12)19-11-13-8-17-21(20-13)5-4-6-22-17/h7-8,15,19H,4-6,9-11H2,1-3H3. The number of ether oxygens (including phenoxy) is 1. The quantitative estimate of drug-likeness (QED) is 0.943. The molecule has 1 aliphatic heterocycles. The van der Waals surface area contributed by atoms with Crippen LogP contribution in [0.5, 0.6) is 5.88 Å². The van der Waals surface area contributed by atoms with Gasteiger partial charge in [0.25, 0.3) is 0 Å². The zero-order valence-electron chi connectivity index (χ0n) is 14.2. The molecular formula is C18H25N3O2. The molecule has 23 heavy (non-hydrogen) atoms. The largest absolute Gasteiger partial charge is 0.478 e. The van der Waals surface area contributed by atoms with E-state index in [-0.39, 0.29) is 5.41 Å². The lowest BCUT2D eigenvalue weighted by Gasteiger charge is -2.34.